The van der Waals surface area contributed by atoms with Gasteiger partial charge in [-0.2, -0.15) is 5.10 Å². The van der Waals surface area contributed by atoms with Crippen LogP contribution in [0, 0.1) is 0 Å². The fraction of sp³-hybridized carbons (Fsp3) is 0.714. The Labute approximate surface area is 114 Å². The molecule has 1 aromatic heterocycles. The van der Waals surface area contributed by atoms with Crippen LogP contribution in [0.2, 0.25) is 0 Å². The third kappa shape index (κ3) is 3.15. The maximum Gasteiger partial charge on any atom is 0.274 e. The van der Waals surface area contributed by atoms with Gasteiger partial charge in [0.05, 0.1) is 0 Å². The third-order valence-corrected chi connectivity index (χ3v) is 3.64. The number of aromatic amines is 1. The second-order valence-electron chi connectivity index (χ2n) is 5.51. The van der Waals surface area contributed by atoms with Crippen molar-refractivity contribution in [1.29, 1.82) is 0 Å². The van der Waals surface area contributed by atoms with Gasteiger partial charge in [0.15, 0.2) is 0 Å². The lowest BCUT2D eigenvalue weighted by molar-refractivity contribution is 0.0686. The Morgan fingerprint density at radius 3 is 2.89 bits per heavy atom. The second kappa shape index (κ2) is 6.19. The van der Waals surface area contributed by atoms with Crippen LogP contribution >= 0.6 is 0 Å². The first-order valence-electron chi connectivity index (χ1n) is 7.20. The third-order valence-electron chi connectivity index (χ3n) is 3.64. The normalized spacial score (nSPS) is 19.1. The summed E-state index contributed by atoms with van der Waals surface area (Å²) in [5.41, 5.74) is 1.56. The van der Waals surface area contributed by atoms with Crippen LogP contribution in [0.5, 0.6) is 0 Å². The summed E-state index contributed by atoms with van der Waals surface area (Å²) in [6.45, 7) is 8.98. The van der Waals surface area contributed by atoms with E-state index in [1.807, 2.05) is 11.0 Å². The number of nitrogens with one attached hydrogen (secondary N) is 2. The molecule has 2 heterocycles. The van der Waals surface area contributed by atoms with Crippen molar-refractivity contribution < 1.29 is 4.79 Å². The van der Waals surface area contributed by atoms with Crippen LogP contribution in [0.4, 0.5) is 0 Å². The van der Waals surface area contributed by atoms with E-state index in [1.54, 1.807) is 0 Å². The quantitative estimate of drug-likeness (QED) is 0.851. The summed E-state index contributed by atoms with van der Waals surface area (Å²) in [5, 5.41) is 10.5. The van der Waals surface area contributed by atoms with E-state index in [0.29, 0.717) is 17.7 Å². The minimum absolute atomic E-state index is 0.0544. The summed E-state index contributed by atoms with van der Waals surface area (Å²) in [4.78, 5) is 14.5. The van der Waals surface area contributed by atoms with Crippen LogP contribution in [-0.4, -0.2) is 46.7 Å². The maximum atomic E-state index is 12.6. The summed E-state index contributed by atoms with van der Waals surface area (Å²) >= 11 is 0. The Bertz CT molecular complexity index is 421. The average Bonchev–Trinajstić information content (AvgIpc) is 3.05. The van der Waals surface area contributed by atoms with Gasteiger partial charge in [-0.05, 0) is 31.4 Å². The summed E-state index contributed by atoms with van der Waals surface area (Å²) < 4.78 is 0. The fourth-order valence-electron chi connectivity index (χ4n) is 2.49. The number of aromatic nitrogens is 2. The van der Waals surface area contributed by atoms with Gasteiger partial charge in [-0.15, -0.1) is 0 Å². The highest BCUT2D eigenvalue weighted by Crippen LogP contribution is 2.16. The summed E-state index contributed by atoms with van der Waals surface area (Å²) in [6, 6.07) is 2.20. The minimum Gasteiger partial charge on any atom is -0.333 e. The summed E-state index contributed by atoms with van der Waals surface area (Å²) in [6.07, 6.45) is 2.01. The van der Waals surface area contributed by atoms with Gasteiger partial charge in [0.2, 0.25) is 0 Å². The molecule has 1 aliphatic rings. The Hall–Kier alpha value is -1.36. The molecular formula is C14H24N4O. The van der Waals surface area contributed by atoms with Crippen molar-refractivity contribution in [3.63, 3.8) is 0 Å². The van der Waals surface area contributed by atoms with Crippen LogP contribution < -0.4 is 5.32 Å². The summed E-state index contributed by atoms with van der Waals surface area (Å²) in [7, 11) is 0. The van der Waals surface area contributed by atoms with Crippen molar-refractivity contribution in [1.82, 2.24) is 20.4 Å². The fourth-order valence-corrected chi connectivity index (χ4v) is 2.49. The molecule has 1 saturated heterocycles. The molecule has 0 aromatic carbocycles. The molecule has 0 saturated carbocycles. The molecule has 1 aromatic rings. The molecule has 1 aliphatic heterocycles. The van der Waals surface area contributed by atoms with Gasteiger partial charge in [-0.25, -0.2) is 0 Å². The number of H-pyrrole nitrogens is 1. The first kappa shape index (κ1) is 14.1. The predicted molar refractivity (Wildman–Crippen MR) is 75.3 cm³/mol. The van der Waals surface area contributed by atoms with Crippen molar-refractivity contribution in [3.8, 4) is 0 Å². The number of nitrogens with zero attached hydrogens (tertiary/aromatic N) is 2. The first-order valence-corrected chi connectivity index (χ1v) is 7.20. The number of amides is 1. The highest BCUT2D eigenvalue weighted by Gasteiger charge is 2.28. The second-order valence-corrected chi connectivity index (χ2v) is 5.51. The van der Waals surface area contributed by atoms with Crippen molar-refractivity contribution in [3.05, 3.63) is 17.5 Å². The van der Waals surface area contributed by atoms with Gasteiger partial charge in [0, 0.05) is 24.8 Å². The van der Waals surface area contributed by atoms with Crippen molar-refractivity contribution in [2.24, 2.45) is 0 Å². The van der Waals surface area contributed by atoms with Crippen LogP contribution in [-0.2, 0) is 0 Å². The highest BCUT2D eigenvalue weighted by atomic mass is 16.2. The molecule has 19 heavy (non-hydrogen) atoms. The molecule has 1 amide bonds. The van der Waals surface area contributed by atoms with Crippen molar-refractivity contribution in [2.75, 3.05) is 19.6 Å². The Morgan fingerprint density at radius 2 is 2.37 bits per heavy atom. The Morgan fingerprint density at radius 1 is 1.58 bits per heavy atom. The number of hydrogen-bond acceptors (Lipinski definition) is 3. The molecule has 5 nitrogen and oxygen atoms in total. The van der Waals surface area contributed by atoms with E-state index >= 15 is 0 Å². The van der Waals surface area contributed by atoms with E-state index in [4.69, 9.17) is 0 Å². The topological polar surface area (TPSA) is 61.0 Å². The maximum absolute atomic E-state index is 12.6. The lowest BCUT2D eigenvalue weighted by atomic mass is 10.1. The number of rotatable bonds is 5. The van der Waals surface area contributed by atoms with E-state index in [1.165, 1.54) is 0 Å². The van der Waals surface area contributed by atoms with E-state index < -0.39 is 0 Å². The van der Waals surface area contributed by atoms with Gasteiger partial charge in [-0.1, -0.05) is 20.8 Å². The number of carbonyl (C=O) groups excluding carboxylic acids is 1. The zero-order valence-corrected chi connectivity index (χ0v) is 12.1. The molecule has 0 spiro atoms. The van der Waals surface area contributed by atoms with Crippen LogP contribution in [0.1, 0.15) is 55.7 Å². The monoisotopic (exact) mass is 264 g/mol. The molecule has 106 valence electrons. The SMILES string of the molecule is CCCN(C(=O)c1cc(C(C)C)[nH]n1)C1CCNC1. The minimum atomic E-state index is 0.0544. The van der Waals surface area contributed by atoms with Gasteiger partial charge >= 0.3 is 0 Å². The lowest BCUT2D eigenvalue weighted by Crippen LogP contribution is -2.42. The predicted octanol–water partition coefficient (Wildman–Crippen LogP) is 1.75. The van der Waals surface area contributed by atoms with Crippen LogP contribution in [0.25, 0.3) is 0 Å². The van der Waals surface area contributed by atoms with Crippen LogP contribution in [0.15, 0.2) is 6.07 Å². The molecule has 1 fully saturated rings. The Kier molecular flexibility index (Phi) is 4.58. The van der Waals surface area contributed by atoms with Crippen LogP contribution in [0.3, 0.4) is 0 Å². The number of carbonyl (C=O) groups is 1. The molecule has 5 heteroatoms. The van der Waals surface area contributed by atoms with E-state index in [2.05, 4.69) is 36.3 Å². The van der Waals surface area contributed by atoms with E-state index in [0.717, 1.165) is 38.2 Å². The zero-order chi connectivity index (χ0) is 13.8. The van der Waals surface area contributed by atoms with Crippen molar-refractivity contribution >= 4 is 5.91 Å². The van der Waals surface area contributed by atoms with Gasteiger partial charge in [0.1, 0.15) is 5.69 Å². The van der Waals surface area contributed by atoms with Gasteiger partial charge < -0.3 is 10.2 Å². The zero-order valence-electron chi connectivity index (χ0n) is 12.1. The molecule has 2 rings (SSSR count). The smallest absolute Gasteiger partial charge is 0.274 e. The van der Waals surface area contributed by atoms with E-state index in [9.17, 15) is 4.79 Å². The molecule has 1 atom stereocenters. The average molecular weight is 264 g/mol. The molecule has 0 aliphatic carbocycles. The molecule has 0 radical (unpaired) electrons. The lowest BCUT2D eigenvalue weighted by Gasteiger charge is -2.27. The standard InChI is InChI=1S/C14H24N4O/c1-4-7-18(11-5-6-15-9-11)14(19)13-8-12(10(2)3)16-17-13/h8,10-11,15H,4-7,9H2,1-3H3,(H,16,17). The van der Waals surface area contributed by atoms with E-state index in [-0.39, 0.29) is 5.91 Å². The Balaban J connectivity index is 2.13. The highest BCUT2D eigenvalue weighted by molar-refractivity contribution is 5.92. The summed E-state index contributed by atoms with van der Waals surface area (Å²) in [5.74, 6) is 0.417. The van der Waals surface area contributed by atoms with Gasteiger partial charge in [-0.3, -0.25) is 9.89 Å². The molecule has 2 N–H and O–H groups in total. The van der Waals surface area contributed by atoms with Crippen molar-refractivity contribution in [2.45, 2.75) is 45.6 Å². The molecule has 1 unspecified atom stereocenters. The largest absolute Gasteiger partial charge is 0.333 e. The molecule has 0 bridgehead atoms. The number of hydrogen-bond donors (Lipinski definition) is 2. The first-order chi connectivity index (χ1) is 9.13. The molecular weight excluding hydrogens is 240 g/mol. The van der Waals surface area contributed by atoms with Gasteiger partial charge in [0.25, 0.3) is 5.91 Å².